The lowest BCUT2D eigenvalue weighted by molar-refractivity contribution is 0.111. The first-order chi connectivity index (χ1) is 8.74. The molecule has 1 aromatic rings. The van der Waals surface area contributed by atoms with E-state index >= 15 is 0 Å². The van der Waals surface area contributed by atoms with Crippen LogP contribution < -0.4 is 5.32 Å². The number of likely N-dealkylation sites (tertiary alicyclic amines) is 1. The fourth-order valence-electron chi connectivity index (χ4n) is 3.56. The van der Waals surface area contributed by atoms with E-state index in [1.807, 2.05) is 0 Å². The van der Waals surface area contributed by atoms with E-state index in [1.54, 1.807) is 0 Å². The number of fused-ring (bicyclic) bond motifs is 1. The highest BCUT2D eigenvalue weighted by molar-refractivity contribution is 5.85. The molecular weight excluding hydrogens is 256 g/mol. The highest BCUT2D eigenvalue weighted by atomic mass is 35.5. The molecule has 1 N–H and O–H groups in total. The molecule has 2 aliphatic heterocycles. The van der Waals surface area contributed by atoms with Gasteiger partial charge in [0.25, 0.3) is 0 Å². The number of nitrogens with zero attached hydrogens (tertiary/aromatic N) is 1. The van der Waals surface area contributed by atoms with E-state index in [0.29, 0.717) is 6.04 Å². The molecule has 0 amide bonds. The number of halogens is 1. The number of nitrogens with one attached hydrogen (secondary N) is 1. The van der Waals surface area contributed by atoms with Crippen LogP contribution in [0.25, 0.3) is 0 Å². The minimum absolute atomic E-state index is 0. The number of aryl methyl sites for hydroxylation is 1. The molecule has 2 saturated heterocycles. The molecule has 1 aromatic carbocycles. The summed E-state index contributed by atoms with van der Waals surface area (Å²) < 4.78 is 0. The van der Waals surface area contributed by atoms with Crippen LogP contribution in [0.1, 0.15) is 30.5 Å². The molecule has 0 radical (unpaired) electrons. The van der Waals surface area contributed by atoms with Crippen molar-refractivity contribution in [3.05, 3.63) is 35.4 Å². The van der Waals surface area contributed by atoms with Crippen molar-refractivity contribution in [1.29, 1.82) is 0 Å². The molecule has 2 fully saturated rings. The van der Waals surface area contributed by atoms with Crippen molar-refractivity contribution in [1.82, 2.24) is 10.2 Å². The smallest absolute Gasteiger partial charge is 0.0320 e. The summed E-state index contributed by atoms with van der Waals surface area (Å²) in [6, 6.07) is 9.54. The zero-order valence-corrected chi connectivity index (χ0v) is 12.7. The minimum atomic E-state index is 0. The Morgan fingerprint density at radius 1 is 1.26 bits per heavy atom. The number of piperidine rings is 1. The van der Waals surface area contributed by atoms with Crippen LogP contribution in [0.2, 0.25) is 0 Å². The first-order valence-corrected chi connectivity index (χ1v) is 7.25. The minimum Gasteiger partial charge on any atom is -0.316 e. The lowest BCUT2D eigenvalue weighted by Gasteiger charge is -2.38. The predicted molar refractivity (Wildman–Crippen MR) is 82.9 cm³/mol. The van der Waals surface area contributed by atoms with Crippen LogP contribution in [-0.2, 0) is 0 Å². The average Bonchev–Trinajstić information content (AvgIpc) is 2.85. The number of hydrogen-bond donors (Lipinski definition) is 1. The maximum Gasteiger partial charge on any atom is 0.0320 e. The van der Waals surface area contributed by atoms with Gasteiger partial charge in [0.05, 0.1) is 0 Å². The molecule has 3 heteroatoms. The summed E-state index contributed by atoms with van der Waals surface area (Å²) in [5.41, 5.74) is 2.84. The van der Waals surface area contributed by atoms with Gasteiger partial charge in [0.1, 0.15) is 0 Å². The number of rotatable bonds is 2. The third-order valence-electron chi connectivity index (χ3n) is 4.81. The van der Waals surface area contributed by atoms with Gasteiger partial charge in [-0.1, -0.05) is 29.8 Å². The largest absolute Gasteiger partial charge is 0.316 e. The topological polar surface area (TPSA) is 15.3 Å². The second-order valence-corrected chi connectivity index (χ2v) is 6.05. The molecule has 0 bridgehead atoms. The molecule has 106 valence electrons. The molecule has 0 aliphatic carbocycles. The fourth-order valence-corrected chi connectivity index (χ4v) is 3.56. The van der Waals surface area contributed by atoms with Gasteiger partial charge < -0.3 is 5.32 Å². The van der Waals surface area contributed by atoms with Crippen LogP contribution in [0.5, 0.6) is 0 Å². The molecule has 2 heterocycles. The van der Waals surface area contributed by atoms with Crippen LogP contribution in [0.15, 0.2) is 24.3 Å². The van der Waals surface area contributed by atoms with E-state index < -0.39 is 0 Å². The molecule has 3 atom stereocenters. The summed E-state index contributed by atoms with van der Waals surface area (Å²) >= 11 is 0. The van der Waals surface area contributed by atoms with Gasteiger partial charge in [0.15, 0.2) is 0 Å². The maximum absolute atomic E-state index is 3.55. The van der Waals surface area contributed by atoms with Crippen molar-refractivity contribution < 1.29 is 0 Å². The molecule has 19 heavy (non-hydrogen) atoms. The standard InChI is InChI=1S/C16H24N2.ClH/c1-12-4-3-5-14(8-12)13(2)18-7-6-15-9-17-10-16(15)11-18;/h3-5,8,13,15-17H,6-7,9-11H2,1-2H3;1H. The second-order valence-electron chi connectivity index (χ2n) is 6.05. The summed E-state index contributed by atoms with van der Waals surface area (Å²) in [5.74, 6) is 1.82. The monoisotopic (exact) mass is 280 g/mol. The van der Waals surface area contributed by atoms with E-state index in [2.05, 4.69) is 48.3 Å². The highest BCUT2D eigenvalue weighted by Gasteiger charge is 2.34. The highest BCUT2D eigenvalue weighted by Crippen LogP contribution is 2.31. The Balaban J connectivity index is 0.00000133. The van der Waals surface area contributed by atoms with Crippen LogP contribution in [0.3, 0.4) is 0 Å². The van der Waals surface area contributed by atoms with Gasteiger partial charge in [-0.05, 0) is 57.3 Å². The SMILES string of the molecule is Cc1cccc(C(C)N2CCC3CNCC3C2)c1.Cl. The summed E-state index contributed by atoms with van der Waals surface area (Å²) in [4.78, 5) is 2.67. The van der Waals surface area contributed by atoms with Crippen molar-refractivity contribution in [3.63, 3.8) is 0 Å². The van der Waals surface area contributed by atoms with Gasteiger partial charge in [-0.25, -0.2) is 0 Å². The maximum atomic E-state index is 3.55. The summed E-state index contributed by atoms with van der Waals surface area (Å²) in [6.07, 6.45) is 1.37. The molecule has 0 aromatic heterocycles. The predicted octanol–water partition coefficient (Wildman–Crippen LogP) is 3.02. The summed E-state index contributed by atoms with van der Waals surface area (Å²) in [5, 5.41) is 3.55. The molecule has 3 rings (SSSR count). The van der Waals surface area contributed by atoms with Crippen LogP contribution in [0.4, 0.5) is 0 Å². The van der Waals surface area contributed by atoms with Crippen LogP contribution in [-0.4, -0.2) is 31.1 Å². The van der Waals surface area contributed by atoms with Gasteiger partial charge in [-0.15, -0.1) is 12.4 Å². The number of benzene rings is 1. The third kappa shape index (κ3) is 3.13. The van der Waals surface area contributed by atoms with Gasteiger partial charge in [0, 0.05) is 12.6 Å². The first kappa shape index (κ1) is 14.8. The lowest BCUT2D eigenvalue weighted by Crippen LogP contribution is -2.41. The summed E-state index contributed by atoms with van der Waals surface area (Å²) in [6.45, 7) is 9.55. The zero-order chi connectivity index (χ0) is 12.5. The molecule has 0 saturated carbocycles. The van der Waals surface area contributed by atoms with E-state index in [-0.39, 0.29) is 12.4 Å². The second kappa shape index (κ2) is 6.25. The average molecular weight is 281 g/mol. The Morgan fingerprint density at radius 2 is 2.05 bits per heavy atom. The molecule has 0 spiro atoms. The molecule has 3 unspecified atom stereocenters. The van der Waals surface area contributed by atoms with Crippen molar-refractivity contribution in [2.45, 2.75) is 26.3 Å². The van der Waals surface area contributed by atoms with Gasteiger partial charge in [-0.3, -0.25) is 4.90 Å². The van der Waals surface area contributed by atoms with Gasteiger partial charge in [0.2, 0.25) is 0 Å². The van der Waals surface area contributed by atoms with E-state index in [9.17, 15) is 0 Å². The lowest BCUT2D eigenvalue weighted by atomic mass is 9.87. The van der Waals surface area contributed by atoms with Crippen molar-refractivity contribution in [3.8, 4) is 0 Å². The van der Waals surface area contributed by atoms with E-state index in [4.69, 9.17) is 0 Å². The Kier molecular flexibility index (Phi) is 4.88. The fraction of sp³-hybridized carbons (Fsp3) is 0.625. The van der Waals surface area contributed by atoms with Crippen LogP contribution >= 0.6 is 12.4 Å². The quantitative estimate of drug-likeness (QED) is 0.896. The Labute approximate surface area is 123 Å². The first-order valence-electron chi connectivity index (χ1n) is 7.25. The van der Waals surface area contributed by atoms with E-state index in [1.165, 1.54) is 43.7 Å². The Morgan fingerprint density at radius 3 is 2.84 bits per heavy atom. The van der Waals surface area contributed by atoms with Gasteiger partial charge in [-0.2, -0.15) is 0 Å². The van der Waals surface area contributed by atoms with Gasteiger partial charge >= 0.3 is 0 Å². The molecule has 2 nitrogen and oxygen atoms in total. The zero-order valence-electron chi connectivity index (χ0n) is 11.9. The van der Waals surface area contributed by atoms with Crippen molar-refractivity contribution in [2.75, 3.05) is 26.2 Å². The molecular formula is C16H25ClN2. The third-order valence-corrected chi connectivity index (χ3v) is 4.81. The van der Waals surface area contributed by atoms with Crippen LogP contribution in [0, 0.1) is 18.8 Å². The Bertz CT molecular complexity index is 421. The van der Waals surface area contributed by atoms with Crippen molar-refractivity contribution in [2.24, 2.45) is 11.8 Å². The van der Waals surface area contributed by atoms with E-state index in [0.717, 1.165) is 11.8 Å². The van der Waals surface area contributed by atoms with Crippen molar-refractivity contribution >= 4 is 12.4 Å². The summed E-state index contributed by atoms with van der Waals surface area (Å²) in [7, 11) is 0. The Hall–Kier alpha value is -0.570. The molecule has 2 aliphatic rings. The number of hydrogen-bond acceptors (Lipinski definition) is 2. The normalized spacial score (nSPS) is 28.5.